The van der Waals surface area contributed by atoms with E-state index in [1.54, 1.807) is 6.92 Å². The molecule has 0 fully saturated rings. The molecule has 0 rings (SSSR count). The third-order valence-corrected chi connectivity index (χ3v) is 3.54. The monoisotopic (exact) mass is 181 g/mol. The zero-order valence-electron chi connectivity index (χ0n) is 7.07. The minimum atomic E-state index is -3.53. The molecule has 0 aliphatic heterocycles. The maximum Gasteiger partial charge on any atom is 0.286 e. The quantitative estimate of drug-likeness (QED) is 0.646. The summed E-state index contributed by atoms with van der Waals surface area (Å²) in [6.45, 7) is 5.44. The van der Waals surface area contributed by atoms with Gasteiger partial charge < -0.3 is 0 Å². The lowest BCUT2D eigenvalue weighted by Gasteiger charge is -2.16. The normalized spacial score (nSPS) is 15.4. The molecule has 11 heavy (non-hydrogen) atoms. The Morgan fingerprint density at radius 2 is 1.91 bits per heavy atom. The number of hydrogen-bond donors (Lipinski definition) is 1. The Balaban J connectivity index is 4.51. The minimum absolute atomic E-state index is 0.0357. The van der Waals surface area contributed by atoms with E-state index in [1.807, 2.05) is 13.8 Å². The van der Waals surface area contributed by atoms with Crippen LogP contribution in [0, 0.1) is 5.92 Å². The van der Waals surface area contributed by atoms with E-state index in [1.165, 1.54) is 0 Å². The van der Waals surface area contributed by atoms with Gasteiger partial charge in [0.25, 0.3) is 10.1 Å². The van der Waals surface area contributed by atoms with E-state index in [2.05, 4.69) is 10.2 Å². The molecule has 0 aliphatic rings. The zero-order chi connectivity index (χ0) is 9.07. The molecule has 1 unspecified atom stereocenters. The van der Waals surface area contributed by atoms with Gasteiger partial charge in [0.15, 0.2) is 0 Å². The topological polar surface area (TPSA) is 69.4 Å². The molecule has 0 aliphatic carbocycles. The molecule has 0 aromatic rings. The van der Waals surface area contributed by atoms with Crippen LogP contribution in [0.25, 0.3) is 0 Å². The standard InChI is InChI=1S/C6H15NO3S/c1-4-6(5(2)3)11(8,9)10-7/h5-6H,4,7H2,1-3H3. The second-order valence-electron chi connectivity index (χ2n) is 2.78. The average molecular weight is 181 g/mol. The summed E-state index contributed by atoms with van der Waals surface area (Å²) >= 11 is 0. The van der Waals surface area contributed by atoms with Gasteiger partial charge in [0.1, 0.15) is 0 Å². The van der Waals surface area contributed by atoms with Gasteiger partial charge in [-0.1, -0.05) is 20.8 Å². The van der Waals surface area contributed by atoms with E-state index < -0.39 is 15.4 Å². The first-order valence-corrected chi connectivity index (χ1v) is 5.05. The minimum Gasteiger partial charge on any atom is -0.198 e. The molecule has 0 amide bonds. The molecular weight excluding hydrogens is 166 g/mol. The second kappa shape index (κ2) is 4.04. The molecule has 68 valence electrons. The first-order valence-electron chi connectivity index (χ1n) is 3.57. The van der Waals surface area contributed by atoms with Gasteiger partial charge in [0.05, 0.1) is 5.25 Å². The number of nitrogens with two attached hydrogens (primary N) is 1. The molecule has 0 spiro atoms. The molecule has 0 bridgehead atoms. The summed E-state index contributed by atoms with van der Waals surface area (Å²) < 4.78 is 26.0. The molecule has 1 atom stereocenters. The predicted octanol–water partition coefficient (Wildman–Crippen LogP) is 0.641. The Kier molecular flexibility index (Phi) is 3.99. The van der Waals surface area contributed by atoms with Crippen LogP contribution in [0.1, 0.15) is 27.2 Å². The molecule has 0 heterocycles. The Morgan fingerprint density at radius 1 is 1.45 bits per heavy atom. The van der Waals surface area contributed by atoms with Gasteiger partial charge in [0, 0.05) is 0 Å². The van der Waals surface area contributed by atoms with E-state index in [-0.39, 0.29) is 5.92 Å². The van der Waals surface area contributed by atoms with E-state index in [4.69, 9.17) is 0 Å². The molecule has 5 heteroatoms. The molecule has 0 radical (unpaired) electrons. The number of rotatable bonds is 4. The average Bonchev–Trinajstić information content (AvgIpc) is 1.88. The van der Waals surface area contributed by atoms with Gasteiger partial charge in [-0.2, -0.15) is 18.6 Å². The van der Waals surface area contributed by atoms with Crippen molar-refractivity contribution in [2.24, 2.45) is 11.8 Å². The highest BCUT2D eigenvalue weighted by Crippen LogP contribution is 2.15. The van der Waals surface area contributed by atoms with E-state index >= 15 is 0 Å². The van der Waals surface area contributed by atoms with Crippen LogP contribution in [0.2, 0.25) is 0 Å². The molecule has 0 saturated carbocycles. The van der Waals surface area contributed by atoms with Crippen molar-refractivity contribution in [1.29, 1.82) is 0 Å². The Bertz CT molecular complexity index is 198. The van der Waals surface area contributed by atoms with Crippen LogP contribution in [0.3, 0.4) is 0 Å². The van der Waals surface area contributed by atoms with Crippen molar-refractivity contribution < 1.29 is 12.7 Å². The summed E-state index contributed by atoms with van der Waals surface area (Å²) in [4.78, 5) is 0. The maximum absolute atomic E-state index is 11.0. The van der Waals surface area contributed by atoms with Crippen molar-refractivity contribution in [2.45, 2.75) is 32.4 Å². The fourth-order valence-electron chi connectivity index (χ4n) is 1.08. The van der Waals surface area contributed by atoms with Gasteiger partial charge in [-0.25, -0.2) is 0 Å². The van der Waals surface area contributed by atoms with Crippen molar-refractivity contribution in [2.75, 3.05) is 0 Å². The smallest absolute Gasteiger partial charge is 0.198 e. The third kappa shape index (κ3) is 2.76. The molecule has 0 saturated heterocycles. The van der Waals surface area contributed by atoms with Crippen LogP contribution in [0.15, 0.2) is 0 Å². The molecule has 0 aromatic heterocycles. The van der Waals surface area contributed by atoms with Crippen molar-refractivity contribution >= 4 is 10.1 Å². The van der Waals surface area contributed by atoms with Gasteiger partial charge in [-0.3, -0.25) is 0 Å². The van der Waals surface area contributed by atoms with Gasteiger partial charge >= 0.3 is 0 Å². The molecule has 4 nitrogen and oxygen atoms in total. The van der Waals surface area contributed by atoms with E-state index in [9.17, 15) is 8.42 Å². The van der Waals surface area contributed by atoms with E-state index in [0.29, 0.717) is 6.42 Å². The summed E-state index contributed by atoms with van der Waals surface area (Å²) in [5.74, 6) is 4.67. The molecule has 2 N–H and O–H groups in total. The predicted molar refractivity (Wildman–Crippen MR) is 43.1 cm³/mol. The fraction of sp³-hybridized carbons (Fsp3) is 1.00. The first kappa shape index (κ1) is 10.9. The fourth-order valence-corrected chi connectivity index (χ4v) is 2.30. The summed E-state index contributed by atoms with van der Waals surface area (Å²) in [6, 6.07) is 0. The third-order valence-electron chi connectivity index (χ3n) is 1.65. The largest absolute Gasteiger partial charge is 0.286 e. The summed E-state index contributed by atoms with van der Waals surface area (Å²) in [7, 11) is -3.53. The highest BCUT2D eigenvalue weighted by Gasteiger charge is 2.26. The summed E-state index contributed by atoms with van der Waals surface area (Å²) in [5.41, 5.74) is 0. The van der Waals surface area contributed by atoms with Crippen molar-refractivity contribution in [3.05, 3.63) is 0 Å². The summed E-state index contributed by atoms with van der Waals surface area (Å²) in [6.07, 6.45) is 0.525. The van der Waals surface area contributed by atoms with Crippen LogP contribution in [-0.4, -0.2) is 13.7 Å². The van der Waals surface area contributed by atoms with E-state index in [0.717, 1.165) is 0 Å². The zero-order valence-corrected chi connectivity index (χ0v) is 7.89. The van der Waals surface area contributed by atoms with Gasteiger partial charge in [-0.05, 0) is 12.3 Å². The molecular formula is C6H15NO3S. The van der Waals surface area contributed by atoms with Gasteiger partial charge in [-0.15, -0.1) is 0 Å². The second-order valence-corrected chi connectivity index (χ2v) is 4.56. The highest BCUT2D eigenvalue weighted by molar-refractivity contribution is 7.87. The van der Waals surface area contributed by atoms with Crippen molar-refractivity contribution in [1.82, 2.24) is 0 Å². The van der Waals surface area contributed by atoms with Crippen LogP contribution >= 0.6 is 0 Å². The maximum atomic E-state index is 11.0. The van der Waals surface area contributed by atoms with Crippen LogP contribution in [0.5, 0.6) is 0 Å². The first-order chi connectivity index (χ1) is 4.95. The van der Waals surface area contributed by atoms with Crippen molar-refractivity contribution in [3.8, 4) is 0 Å². The SMILES string of the molecule is CCC(C(C)C)S(=O)(=O)ON. The lowest BCUT2D eigenvalue weighted by atomic mass is 10.1. The highest BCUT2D eigenvalue weighted by atomic mass is 32.2. The lowest BCUT2D eigenvalue weighted by Crippen LogP contribution is -2.29. The summed E-state index contributed by atoms with van der Waals surface area (Å²) in [5, 5.41) is -0.493. The van der Waals surface area contributed by atoms with Gasteiger partial charge in [0.2, 0.25) is 0 Å². The van der Waals surface area contributed by atoms with Crippen LogP contribution in [0.4, 0.5) is 0 Å². The Hall–Kier alpha value is -0.130. The Morgan fingerprint density at radius 3 is 2.00 bits per heavy atom. The van der Waals surface area contributed by atoms with Crippen molar-refractivity contribution in [3.63, 3.8) is 0 Å². The number of hydrogen-bond acceptors (Lipinski definition) is 4. The van der Waals surface area contributed by atoms with Crippen LogP contribution < -0.4 is 5.90 Å². The molecule has 0 aromatic carbocycles. The Labute approximate surface area is 67.8 Å². The van der Waals surface area contributed by atoms with Crippen LogP contribution in [-0.2, 0) is 14.4 Å². The lowest BCUT2D eigenvalue weighted by molar-refractivity contribution is 0.316.